The van der Waals surface area contributed by atoms with Gasteiger partial charge in [0, 0.05) is 11.8 Å². The number of halogens is 4. The van der Waals surface area contributed by atoms with Crippen LogP contribution in [0.5, 0.6) is 0 Å². The van der Waals surface area contributed by atoms with Crippen LogP contribution in [0.15, 0.2) is 6.20 Å². The van der Waals surface area contributed by atoms with E-state index in [1.54, 1.807) is 0 Å². The predicted molar refractivity (Wildman–Crippen MR) is 38.9 cm³/mol. The summed E-state index contributed by atoms with van der Waals surface area (Å²) in [5, 5.41) is -0.479. The Bertz CT molecular complexity index is 301. The lowest BCUT2D eigenvalue weighted by Gasteiger charge is -2.04. The molecule has 12 heavy (non-hydrogen) atoms. The van der Waals surface area contributed by atoms with Gasteiger partial charge in [-0.25, -0.2) is 18.2 Å². The molecule has 0 spiro atoms. The summed E-state index contributed by atoms with van der Waals surface area (Å²) < 4.78 is 37.1. The average Bonchev–Trinajstić information content (AvgIpc) is 1.97. The van der Waals surface area contributed by atoms with E-state index in [0.29, 0.717) is 0 Å². The molecule has 1 rings (SSSR count). The van der Waals surface area contributed by atoms with Crippen LogP contribution in [0.3, 0.4) is 0 Å². The number of rotatable bonds is 1. The summed E-state index contributed by atoms with van der Waals surface area (Å²) in [6.45, 7) is 1.35. The number of pyridine rings is 1. The predicted octanol–water partition coefficient (Wildman–Crippen LogP) is 3.12. The summed E-state index contributed by atoms with van der Waals surface area (Å²) in [6.07, 6.45) is -1.81. The van der Waals surface area contributed by atoms with Gasteiger partial charge in [0.15, 0.2) is 0 Å². The van der Waals surface area contributed by atoms with Crippen LogP contribution in [0.25, 0.3) is 0 Å². The van der Waals surface area contributed by atoms with Crippen LogP contribution in [0.2, 0.25) is 5.15 Å². The number of hydrogen-bond donors (Lipinski definition) is 0. The van der Waals surface area contributed by atoms with E-state index < -0.39 is 23.0 Å². The summed E-state index contributed by atoms with van der Waals surface area (Å²) in [6, 6.07) is 0. The van der Waals surface area contributed by atoms with E-state index in [0.717, 1.165) is 6.20 Å². The van der Waals surface area contributed by atoms with E-state index in [1.807, 2.05) is 0 Å². The molecule has 1 nitrogen and oxygen atoms in total. The lowest BCUT2D eigenvalue weighted by atomic mass is 10.2. The van der Waals surface area contributed by atoms with Crippen molar-refractivity contribution in [2.45, 2.75) is 13.3 Å². The molecule has 0 aliphatic rings. The van der Waals surface area contributed by atoms with E-state index in [1.165, 1.54) is 6.92 Å². The number of nitrogens with zero attached hydrogens (tertiary/aromatic N) is 1. The van der Waals surface area contributed by atoms with Gasteiger partial charge in [-0.1, -0.05) is 11.6 Å². The second-order valence-electron chi connectivity index (χ2n) is 2.26. The summed E-state index contributed by atoms with van der Waals surface area (Å²) in [5.41, 5.74) is -0.758. The first-order chi connectivity index (χ1) is 5.54. The second-order valence-corrected chi connectivity index (χ2v) is 2.62. The van der Waals surface area contributed by atoms with Gasteiger partial charge in [0.25, 0.3) is 6.43 Å². The van der Waals surface area contributed by atoms with Gasteiger partial charge in [-0.3, -0.25) is 0 Å². The molecule has 0 aliphatic carbocycles. The SMILES string of the molecule is Cc1cnc(Cl)c(C(F)F)c1F. The number of hydrogen-bond acceptors (Lipinski definition) is 1. The Labute approximate surface area is 72.2 Å². The third kappa shape index (κ3) is 1.53. The Balaban J connectivity index is 3.33. The third-order valence-corrected chi connectivity index (χ3v) is 1.70. The Morgan fingerprint density at radius 3 is 2.50 bits per heavy atom. The summed E-state index contributed by atoms with van der Waals surface area (Å²) in [7, 11) is 0. The van der Waals surface area contributed by atoms with E-state index in [2.05, 4.69) is 4.98 Å². The van der Waals surface area contributed by atoms with Crippen LogP contribution >= 0.6 is 11.6 Å². The molecular formula is C7H5ClF3N. The van der Waals surface area contributed by atoms with Crippen LogP contribution in [-0.4, -0.2) is 4.98 Å². The largest absolute Gasteiger partial charge is 0.269 e. The quantitative estimate of drug-likeness (QED) is 0.628. The minimum atomic E-state index is -2.93. The van der Waals surface area contributed by atoms with Crippen molar-refractivity contribution in [2.75, 3.05) is 0 Å². The highest BCUT2D eigenvalue weighted by atomic mass is 35.5. The van der Waals surface area contributed by atoms with Crippen molar-refractivity contribution in [1.82, 2.24) is 4.98 Å². The lowest BCUT2D eigenvalue weighted by Crippen LogP contribution is -1.97. The van der Waals surface area contributed by atoms with Crippen molar-refractivity contribution < 1.29 is 13.2 Å². The molecule has 1 aromatic heterocycles. The molecule has 0 bridgehead atoms. The smallest absolute Gasteiger partial charge is 0.244 e. The highest BCUT2D eigenvalue weighted by molar-refractivity contribution is 6.30. The molecule has 0 aliphatic heterocycles. The van der Waals surface area contributed by atoms with Crippen molar-refractivity contribution in [2.24, 2.45) is 0 Å². The molecule has 0 N–H and O–H groups in total. The maximum absolute atomic E-state index is 12.9. The summed E-state index contributed by atoms with van der Waals surface area (Å²) in [5.74, 6) is -0.981. The fourth-order valence-electron chi connectivity index (χ4n) is 0.769. The van der Waals surface area contributed by atoms with Gasteiger partial charge in [0.1, 0.15) is 11.0 Å². The monoisotopic (exact) mass is 195 g/mol. The molecule has 0 fully saturated rings. The van der Waals surface area contributed by atoms with Crippen molar-refractivity contribution in [3.05, 3.63) is 28.3 Å². The summed E-state index contributed by atoms with van der Waals surface area (Å²) >= 11 is 5.27. The van der Waals surface area contributed by atoms with E-state index >= 15 is 0 Å². The molecule has 0 unspecified atom stereocenters. The van der Waals surface area contributed by atoms with Gasteiger partial charge >= 0.3 is 0 Å². The van der Waals surface area contributed by atoms with Gasteiger partial charge < -0.3 is 0 Å². The van der Waals surface area contributed by atoms with Crippen molar-refractivity contribution >= 4 is 11.6 Å². The van der Waals surface area contributed by atoms with Crippen LogP contribution in [0.4, 0.5) is 13.2 Å². The molecule has 0 amide bonds. The fraction of sp³-hybridized carbons (Fsp3) is 0.286. The van der Waals surface area contributed by atoms with E-state index in [4.69, 9.17) is 11.6 Å². The van der Waals surface area contributed by atoms with Gasteiger partial charge in [-0.05, 0) is 6.92 Å². The normalized spacial score (nSPS) is 10.8. The van der Waals surface area contributed by atoms with Crippen molar-refractivity contribution in [3.63, 3.8) is 0 Å². The van der Waals surface area contributed by atoms with Crippen LogP contribution < -0.4 is 0 Å². The van der Waals surface area contributed by atoms with Crippen molar-refractivity contribution in [3.8, 4) is 0 Å². The summed E-state index contributed by atoms with van der Waals surface area (Å²) in [4.78, 5) is 3.41. The Hall–Kier alpha value is -0.770. The molecule has 1 heterocycles. The van der Waals surface area contributed by atoms with Gasteiger partial charge in [-0.2, -0.15) is 0 Å². The zero-order valence-corrected chi connectivity index (χ0v) is 6.87. The highest BCUT2D eigenvalue weighted by Crippen LogP contribution is 2.28. The first-order valence-corrected chi connectivity index (χ1v) is 3.50. The number of aryl methyl sites for hydroxylation is 1. The van der Waals surface area contributed by atoms with Gasteiger partial charge in [-0.15, -0.1) is 0 Å². The Kier molecular flexibility index (Phi) is 2.57. The second kappa shape index (κ2) is 3.31. The highest BCUT2D eigenvalue weighted by Gasteiger charge is 2.19. The minimum absolute atomic E-state index is 0.0645. The third-order valence-electron chi connectivity index (χ3n) is 1.39. The van der Waals surface area contributed by atoms with Crippen LogP contribution in [0.1, 0.15) is 17.6 Å². The maximum atomic E-state index is 12.9. The standard InChI is InChI=1S/C7H5ClF3N/c1-3-2-12-6(8)4(5(3)9)7(10)11/h2,7H,1H3. The molecular weight excluding hydrogens is 191 g/mol. The molecule has 0 saturated heterocycles. The molecule has 1 aromatic rings. The molecule has 0 radical (unpaired) electrons. The minimum Gasteiger partial charge on any atom is -0.244 e. The van der Waals surface area contributed by atoms with Crippen LogP contribution in [0, 0.1) is 12.7 Å². The topological polar surface area (TPSA) is 12.9 Å². The average molecular weight is 196 g/mol. The molecule has 0 atom stereocenters. The zero-order chi connectivity index (χ0) is 9.30. The first-order valence-electron chi connectivity index (χ1n) is 3.12. The Morgan fingerprint density at radius 2 is 2.08 bits per heavy atom. The zero-order valence-electron chi connectivity index (χ0n) is 6.11. The first kappa shape index (κ1) is 9.32. The molecule has 5 heteroatoms. The molecule has 0 saturated carbocycles. The maximum Gasteiger partial charge on any atom is 0.269 e. The fourth-order valence-corrected chi connectivity index (χ4v) is 0.983. The van der Waals surface area contributed by atoms with Crippen molar-refractivity contribution in [1.29, 1.82) is 0 Å². The van der Waals surface area contributed by atoms with Gasteiger partial charge in [0.2, 0.25) is 0 Å². The van der Waals surface area contributed by atoms with E-state index in [-0.39, 0.29) is 5.56 Å². The molecule has 66 valence electrons. The number of aromatic nitrogens is 1. The lowest BCUT2D eigenvalue weighted by molar-refractivity contribution is 0.146. The van der Waals surface area contributed by atoms with Crippen LogP contribution in [-0.2, 0) is 0 Å². The Morgan fingerprint density at radius 1 is 1.50 bits per heavy atom. The molecule has 0 aromatic carbocycles. The van der Waals surface area contributed by atoms with E-state index in [9.17, 15) is 13.2 Å². The number of alkyl halides is 2. The van der Waals surface area contributed by atoms with Gasteiger partial charge in [0.05, 0.1) is 5.56 Å².